The normalized spacial score (nSPS) is 12.5. The Morgan fingerprint density at radius 3 is 2.82 bits per heavy atom. The fourth-order valence-corrected chi connectivity index (χ4v) is 2.79. The van der Waals surface area contributed by atoms with Crippen LogP contribution in [0.5, 0.6) is 0 Å². The van der Waals surface area contributed by atoms with E-state index in [2.05, 4.69) is 0 Å². The van der Waals surface area contributed by atoms with Crippen molar-refractivity contribution < 1.29 is 9.31 Å². The molecule has 1 unspecified atom stereocenters. The zero-order valence-electron chi connectivity index (χ0n) is 8.95. The van der Waals surface area contributed by atoms with Crippen molar-refractivity contribution >= 4 is 51.6 Å². The highest BCUT2D eigenvalue weighted by molar-refractivity contribution is 14.1. The summed E-state index contributed by atoms with van der Waals surface area (Å²) in [5.41, 5.74) is -0.0532. The van der Waals surface area contributed by atoms with E-state index in [1.165, 1.54) is 23.9 Å². The summed E-state index contributed by atoms with van der Waals surface area (Å²) in [5, 5.41) is 10.8. The van der Waals surface area contributed by atoms with E-state index in [1.54, 1.807) is 22.6 Å². The summed E-state index contributed by atoms with van der Waals surface area (Å²) in [5.74, 6) is 0.902. The summed E-state index contributed by atoms with van der Waals surface area (Å²) in [6.45, 7) is 1.94. The predicted molar refractivity (Wildman–Crippen MR) is 76.4 cm³/mol. The minimum absolute atomic E-state index is 0.0532. The minimum Gasteiger partial charge on any atom is -0.258 e. The van der Waals surface area contributed by atoms with Gasteiger partial charge in [0.2, 0.25) is 0 Å². The molecule has 0 bridgehead atoms. The van der Waals surface area contributed by atoms with Crippen LogP contribution in [-0.2, 0) is 0 Å². The topological polar surface area (TPSA) is 43.1 Å². The van der Waals surface area contributed by atoms with Crippen LogP contribution in [0.2, 0.25) is 0 Å². The maximum atomic E-state index is 13.4. The van der Waals surface area contributed by atoms with Crippen LogP contribution < -0.4 is 0 Å². The molecule has 0 spiro atoms. The number of nitro benzene ring substituents is 1. The van der Waals surface area contributed by atoms with Gasteiger partial charge >= 0.3 is 0 Å². The lowest BCUT2D eigenvalue weighted by atomic mass is 10.3. The van der Waals surface area contributed by atoms with Crippen LogP contribution in [0, 0.1) is 25.4 Å². The number of hydrogen-bond acceptors (Lipinski definition) is 3. The second kappa shape index (κ2) is 6.75. The Hall–Kier alpha value is -0.0800. The van der Waals surface area contributed by atoms with Crippen LogP contribution >= 0.6 is 46.0 Å². The van der Waals surface area contributed by atoms with Gasteiger partial charge in [-0.15, -0.1) is 23.4 Å². The first-order valence-corrected chi connectivity index (χ1v) is 7.37. The SMILES string of the molecule is CC(CCl)CSc1cc(F)c(I)cc1[N+](=O)[O-]. The van der Waals surface area contributed by atoms with E-state index < -0.39 is 10.7 Å². The van der Waals surface area contributed by atoms with Crippen LogP contribution in [-0.4, -0.2) is 16.6 Å². The van der Waals surface area contributed by atoms with Gasteiger partial charge in [-0.1, -0.05) is 6.92 Å². The number of alkyl halides is 1. The number of nitrogens with zero attached hydrogens (tertiary/aromatic N) is 1. The van der Waals surface area contributed by atoms with Gasteiger partial charge in [-0.3, -0.25) is 10.1 Å². The molecule has 0 aliphatic heterocycles. The summed E-state index contributed by atoms with van der Waals surface area (Å²) in [7, 11) is 0. The molecule has 94 valence electrons. The molecule has 7 heteroatoms. The highest BCUT2D eigenvalue weighted by Gasteiger charge is 2.18. The average Bonchev–Trinajstić information content (AvgIpc) is 2.29. The highest BCUT2D eigenvalue weighted by Crippen LogP contribution is 2.33. The largest absolute Gasteiger partial charge is 0.284 e. The van der Waals surface area contributed by atoms with Crippen molar-refractivity contribution in [1.29, 1.82) is 0 Å². The summed E-state index contributed by atoms with van der Waals surface area (Å²) >= 11 is 8.66. The first kappa shape index (κ1) is 15.0. The lowest BCUT2D eigenvalue weighted by Gasteiger charge is -2.08. The second-order valence-corrected chi connectivity index (χ2v) is 6.09. The Morgan fingerprint density at radius 1 is 1.65 bits per heavy atom. The van der Waals surface area contributed by atoms with Gasteiger partial charge < -0.3 is 0 Å². The predicted octanol–water partition coefficient (Wildman–Crippen LogP) is 4.31. The van der Waals surface area contributed by atoms with Crippen molar-refractivity contribution in [3.05, 3.63) is 31.6 Å². The molecular formula is C10H10ClFINO2S. The molecule has 17 heavy (non-hydrogen) atoms. The van der Waals surface area contributed by atoms with Gasteiger partial charge in [0.15, 0.2) is 0 Å². The Bertz CT molecular complexity index is 433. The zero-order valence-corrected chi connectivity index (χ0v) is 12.7. The second-order valence-electron chi connectivity index (χ2n) is 3.56. The third kappa shape index (κ3) is 4.26. The molecule has 3 nitrogen and oxygen atoms in total. The maximum Gasteiger partial charge on any atom is 0.284 e. The third-order valence-electron chi connectivity index (χ3n) is 1.99. The summed E-state index contributed by atoms with van der Waals surface area (Å²) in [6.07, 6.45) is 0. The van der Waals surface area contributed by atoms with Gasteiger partial charge in [-0.2, -0.15) is 0 Å². The zero-order chi connectivity index (χ0) is 13.0. The van der Waals surface area contributed by atoms with E-state index in [1.807, 2.05) is 6.92 Å². The van der Waals surface area contributed by atoms with Gasteiger partial charge in [0.25, 0.3) is 5.69 Å². The maximum absolute atomic E-state index is 13.4. The lowest BCUT2D eigenvalue weighted by molar-refractivity contribution is -0.387. The van der Waals surface area contributed by atoms with E-state index >= 15 is 0 Å². The van der Waals surface area contributed by atoms with Crippen molar-refractivity contribution in [3.63, 3.8) is 0 Å². The van der Waals surface area contributed by atoms with E-state index in [0.29, 0.717) is 16.5 Å². The fraction of sp³-hybridized carbons (Fsp3) is 0.400. The van der Waals surface area contributed by atoms with Crippen molar-refractivity contribution in [2.45, 2.75) is 11.8 Å². The Morgan fingerprint density at radius 2 is 2.29 bits per heavy atom. The molecule has 0 aliphatic carbocycles. The molecule has 0 aromatic heterocycles. The molecule has 1 rings (SSSR count). The lowest BCUT2D eigenvalue weighted by Crippen LogP contribution is -2.01. The summed E-state index contributed by atoms with van der Waals surface area (Å²) in [6, 6.07) is 2.47. The molecule has 0 amide bonds. The highest BCUT2D eigenvalue weighted by atomic mass is 127. The van der Waals surface area contributed by atoms with Gasteiger partial charge in [0, 0.05) is 17.7 Å². The van der Waals surface area contributed by atoms with Gasteiger partial charge in [-0.05, 0) is 34.6 Å². The molecule has 0 saturated carbocycles. The molecule has 0 N–H and O–H groups in total. The Balaban J connectivity index is 2.96. The molecular weight excluding hydrogens is 380 g/mol. The van der Waals surface area contributed by atoms with Crippen molar-refractivity contribution in [2.75, 3.05) is 11.6 Å². The first-order valence-electron chi connectivity index (χ1n) is 4.78. The summed E-state index contributed by atoms with van der Waals surface area (Å²) in [4.78, 5) is 10.7. The van der Waals surface area contributed by atoms with Crippen LogP contribution in [0.4, 0.5) is 10.1 Å². The molecule has 0 saturated heterocycles. The Kier molecular flexibility index (Phi) is 5.94. The van der Waals surface area contributed by atoms with Gasteiger partial charge in [-0.25, -0.2) is 4.39 Å². The smallest absolute Gasteiger partial charge is 0.258 e. The monoisotopic (exact) mass is 389 g/mol. The van der Waals surface area contributed by atoms with Crippen LogP contribution in [0.1, 0.15) is 6.92 Å². The summed E-state index contributed by atoms with van der Waals surface area (Å²) < 4.78 is 13.6. The van der Waals surface area contributed by atoms with Crippen molar-refractivity contribution in [2.24, 2.45) is 5.92 Å². The van der Waals surface area contributed by atoms with Crippen LogP contribution in [0.15, 0.2) is 17.0 Å². The molecule has 1 atom stereocenters. The van der Waals surface area contributed by atoms with Gasteiger partial charge in [0.05, 0.1) is 13.4 Å². The third-order valence-corrected chi connectivity index (χ3v) is 4.71. The first-order chi connectivity index (χ1) is 7.95. The quantitative estimate of drug-likeness (QED) is 0.248. The molecule has 0 aliphatic rings. The average molecular weight is 390 g/mol. The van der Waals surface area contributed by atoms with Gasteiger partial charge in [0.1, 0.15) is 5.82 Å². The Labute approximate surface area is 121 Å². The molecule has 0 fully saturated rings. The number of hydrogen-bond donors (Lipinski definition) is 0. The van der Waals surface area contributed by atoms with Crippen LogP contribution in [0.25, 0.3) is 0 Å². The van der Waals surface area contributed by atoms with Crippen molar-refractivity contribution in [1.82, 2.24) is 0 Å². The van der Waals surface area contributed by atoms with E-state index in [9.17, 15) is 14.5 Å². The molecule has 1 aromatic carbocycles. The van der Waals surface area contributed by atoms with E-state index in [-0.39, 0.29) is 15.2 Å². The van der Waals surface area contributed by atoms with Crippen molar-refractivity contribution in [3.8, 4) is 0 Å². The minimum atomic E-state index is -0.491. The number of nitro groups is 1. The fourth-order valence-electron chi connectivity index (χ4n) is 1.05. The molecule has 0 radical (unpaired) electrons. The number of halogens is 3. The number of benzene rings is 1. The number of rotatable bonds is 5. The number of thioether (sulfide) groups is 1. The molecule has 1 aromatic rings. The van der Waals surface area contributed by atoms with E-state index in [0.717, 1.165) is 0 Å². The van der Waals surface area contributed by atoms with E-state index in [4.69, 9.17) is 11.6 Å². The molecule has 0 heterocycles. The van der Waals surface area contributed by atoms with Crippen LogP contribution in [0.3, 0.4) is 0 Å². The standard InChI is InChI=1S/C10H10ClFINO2S/c1-6(4-11)5-17-10-2-7(12)8(13)3-9(10)14(15)16/h2-3,6H,4-5H2,1H3.